The lowest BCUT2D eigenvalue weighted by atomic mass is 10.0. The molecule has 2 aromatic rings. The third-order valence-electron chi connectivity index (χ3n) is 3.06. The standard InChI is InChI=1S/C16H16Cl2O2/c1-20-16-6-5-14(18)9-12(16)10-15(19)8-11-3-2-4-13(17)7-11/h2-7,9,15,19H,8,10H2,1H3. The Hall–Kier alpha value is -1.22. The van der Waals surface area contributed by atoms with Gasteiger partial charge < -0.3 is 9.84 Å². The number of aliphatic hydroxyl groups is 1. The molecule has 0 aliphatic carbocycles. The molecular weight excluding hydrogens is 295 g/mol. The van der Waals surface area contributed by atoms with Gasteiger partial charge >= 0.3 is 0 Å². The van der Waals surface area contributed by atoms with Gasteiger partial charge in [-0.15, -0.1) is 0 Å². The van der Waals surface area contributed by atoms with Gasteiger partial charge in [-0.25, -0.2) is 0 Å². The lowest BCUT2D eigenvalue weighted by Crippen LogP contribution is -2.14. The van der Waals surface area contributed by atoms with E-state index < -0.39 is 6.10 Å². The molecule has 0 fully saturated rings. The number of ether oxygens (including phenoxy) is 1. The molecule has 4 heteroatoms. The van der Waals surface area contributed by atoms with E-state index in [1.165, 1.54) is 0 Å². The molecule has 0 spiro atoms. The first kappa shape index (κ1) is 15.2. The molecule has 0 bridgehead atoms. The average molecular weight is 311 g/mol. The fourth-order valence-electron chi connectivity index (χ4n) is 2.17. The van der Waals surface area contributed by atoms with Crippen LogP contribution in [0.25, 0.3) is 0 Å². The molecule has 0 heterocycles. The van der Waals surface area contributed by atoms with Gasteiger partial charge in [0.25, 0.3) is 0 Å². The molecule has 0 radical (unpaired) electrons. The smallest absolute Gasteiger partial charge is 0.122 e. The van der Waals surface area contributed by atoms with Gasteiger partial charge in [-0.1, -0.05) is 35.3 Å². The Bertz CT molecular complexity index is 584. The SMILES string of the molecule is COc1ccc(Cl)cc1CC(O)Cc1cccc(Cl)c1. The van der Waals surface area contributed by atoms with Gasteiger partial charge in [0.05, 0.1) is 13.2 Å². The zero-order chi connectivity index (χ0) is 14.5. The Morgan fingerprint density at radius 2 is 1.80 bits per heavy atom. The molecule has 0 aliphatic heterocycles. The van der Waals surface area contributed by atoms with Gasteiger partial charge in [-0.3, -0.25) is 0 Å². The monoisotopic (exact) mass is 310 g/mol. The maximum atomic E-state index is 10.2. The van der Waals surface area contributed by atoms with Crippen LogP contribution in [0, 0.1) is 0 Å². The number of hydrogen-bond acceptors (Lipinski definition) is 2. The van der Waals surface area contributed by atoms with Crippen molar-refractivity contribution in [3.63, 3.8) is 0 Å². The summed E-state index contributed by atoms with van der Waals surface area (Å²) in [6, 6.07) is 12.9. The van der Waals surface area contributed by atoms with Gasteiger partial charge in [0.15, 0.2) is 0 Å². The van der Waals surface area contributed by atoms with Gasteiger partial charge in [-0.2, -0.15) is 0 Å². The zero-order valence-electron chi connectivity index (χ0n) is 11.1. The van der Waals surface area contributed by atoms with Crippen LogP contribution >= 0.6 is 23.2 Å². The summed E-state index contributed by atoms with van der Waals surface area (Å²) in [5.74, 6) is 0.736. The first-order valence-electron chi connectivity index (χ1n) is 6.33. The maximum Gasteiger partial charge on any atom is 0.122 e. The molecule has 0 amide bonds. The number of methoxy groups -OCH3 is 1. The Morgan fingerprint density at radius 1 is 1.05 bits per heavy atom. The van der Waals surface area contributed by atoms with Crippen LogP contribution in [-0.4, -0.2) is 18.3 Å². The van der Waals surface area contributed by atoms with Crippen LogP contribution in [-0.2, 0) is 12.8 Å². The van der Waals surface area contributed by atoms with Gasteiger partial charge in [0.2, 0.25) is 0 Å². The second-order valence-electron chi connectivity index (χ2n) is 4.65. The van der Waals surface area contributed by atoms with E-state index in [0.29, 0.717) is 22.9 Å². The van der Waals surface area contributed by atoms with Gasteiger partial charge in [0.1, 0.15) is 5.75 Å². The molecule has 1 unspecified atom stereocenters. The van der Waals surface area contributed by atoms with E-state index in [1.54, 1.807) is 13.2 Å². The second-order valence-corrected chi connectivity index (χ2v) is 5.52. The highest BCUT2D eigenvalue weighted by molar-refractivity contribution is 6.30. The Balaban J connectivity index is 2.08. The maximum absolute atomic E-state index is 10.2. The number of benzene rings is 2. The van der Waals surface area contributed by atoms with Gasteiger partial charge in [0, 0.05) is 16.5 Å². The van der Waals surface area contributed by atoms with E-state index in [0.717, 1.165) is 16.9 Å². The third kappa shape index (κ3) is 4.14. The molecule has 1 N–H and O–H groups in total. The molecular formula is C16H16Cl2O2. The summed E-state index contributed by atoms with van der Waals surface area (Å²) in [6.45, 7) is 0. The predicted octanol–water partition coefficient (Wildman–Crippen LogP) is 4.15. The van der Waals surface area contributed by atoms with Crippen molar-refractivity contribution in [2.45, 2.75) is 18.9 Å². The van der Waals surface area contributed by atoms with Crippen LogP contribution < -0.4 is 4.74 Å². The number of hydrogen-bond donors (Lipinski definition) is 1. The Morgan fingerprint density at radius 3 is 2.50 bits per heavy atom. The van der Waals surface area contributed by atoms with E-state index in [4.69, 9.17) is 27.9 Å². The van der Waals surface area contributed by atoms with E-state index >= 15 is 0 Å². The fourth-order valence-corrected chi connectivity index (χ4v) is 2.58. The quantitative estimate of drug-likeness (QED) is 0.899. The summed E-state index contributed by atoms with van der Waals surface area (Å²) in [6.07, 6.45) is 0.507. The van der Waals surface area contributed by atoms with Crippen LogP contribution in [0.5, 0.6) is 5.75 Å². The topological polar surface area (TPSA) is 29.5 Å². The first-order valence-corrected chi connectivity index (χ1v) is 7.09. The summed E-state index contributed by atoms with van der Waals surface area (Å²) >= 11 is 11.9. The van der Waals surface area contributed by atoms with E-state index in [1.807, 2.05) is 36.4 Å². The molecule has 2 rings (SSSR count). The summed E-state index contributed by atoms with van der Waals surface area (Å²) < 4.78 is 5.28. The normalized spacial score (nSPS) is 12.2. The molecule has 0 aliphatic rings. The summed E-state index contributed by atoms with van der Waals surface area (Å²) in [4.78, 5) is 0. The van der Waals surface area contributed by atoms with Crippen LogP contribution in [0.4, 0.5) is 0 Å². The van der Waals surface area contributed by atoms with E-state index in [9.17, 15) is 5.11 Å². The lowest BCUT2D eigenvalue weighted by Gasteiger charge is -2.14. The third-order valence-corrected chi connectivity index (χ3v) is 3.53. The van der Waals surface area contributed by atoms with Crippen LogP contribution in [0.15, 0.2) is 42.5 Å². The van der Waals surface area contributed by atoms with Gasteiger partial charge in [-0.05, 0) is 47.9 Å². The van der Waals surface area contributed by atoms with Crippen molar-refractivity contribution >= 4 is 23.2 Å². The van der Waals surface area contributed by atoms with Crippen LogP contribution in [0.1, 0.15) is 11.1 Å². The van der Waals surface area contributed by atoms with Crippen molar-refractivity contribution in [1.82, 2.24) is 0 Å². The molecule has 2 aromatic carbocycles. The van der Waals surface area contributed by atoms with E-state index in [-0.39, 0.29) is 0 Å². The van der Waals surface area contributed by atoms with Crippen molar-refractivity contribution < 1.29 is 9.84 Å². The first-order chi connectivity index (χ1) is 9.58. The highest BCUT2D eigenvalue weighted by Crippen LogP contribution is 2.24. The number of rotatable bonds is 5. The molecule has 20 heavy (non-hydrogen) atoms. The zero-order valence-corrected chi connectivity index (χ0v) is 12.7. The lowest BCUT2D eigenvalue weighted by molar-refractivity contribution is 0.174. The Kier molecular flexibility index (Phi) is 5.30. The van der Waals surface area contributed by atoms with Crippen molar-refractivity contribution in [3.05, 3.63) is 63.6 Å². The highest BCUT2D eigenvalue weighted by Gasteiger charge is 2.11. The summed E-state index contributed by atoms with van der Waals surface area (Å²) in [5, 5.41) is 11.5. The largest absolute Gasteiger partial charge is 0.496 e. The van der Waals surface area contributed by atoms with Crippen LogP contribution in [0.2, 0.25) is 10.0 Å². The van der Waals surface area contributed by atoms with Crippen LogP contribution in [0.3, 0.4) is 0 Å². The molecule has 2 nitrogen and oxygen atoms in total. The Labute approximate surface area is 128 Å². The summed E-state index contributed by atoms with van der Waals surface area (Å²) in [7, 11) is 1.61. The summed E-state index contributed by atoms with van der Waals surface area (Å²) in [5.41, 5.74) is 1.90. The predicted molar refractivity (Wildman–Crippen MR) is 82.9 cm³/mol. The second kappa shape index (κ2) is 6.98. The molecule has 0 saturated heterocycles. The number of aliphatic hydroxyl groups excluding tert-OH is 1. The minimum absolute atomic E-state index is 0.482. The highest BCUT2D eigenvalue weighted by atomic mass is 35.5. The molecule has 0 saturated carbocycles. The molecule has 1 atom stereocenters. The average Bonchev–Trinajstić information content (AvgIpc) is 2.38. The minimum atomic E-state index is -0.513. The van der Waals surface area contributed by atoms with Crippen molar-refractivity contribution in [2.24, 2.45) is 0 Å². The fraction of sp³-hybridized carbons (Fsp3) is 0.250. The molecule has 106 valence electrons. The minimum Gasteiger partial charge on any atom is -0.496 e. The van der Waals surface area contributed by atoms with Crippen molar-refractivity contribution in [2.75, 3.05) is 7.11 Å². The van der Waals surface area contributed by atoms with Crippen molar-refractivity contribution in [3.8, 4) is 5.75 Å². The number of halogens is 2. The molecule has 0 aromatic heterocycles. The van der Waals surface area contributed by atoms with Crippen molar-refractivity contribution in [1.29, 1.82) is 0 Å². The van der Waals surface area contributed by atoms with E-state index in [2.05, 4.69) is 0 Å².